The summed E-state index contributed by atoms with van der Waals surface area (Å²) in [5.41, 5.74) is 11.1. The Kier molecular flexibility index (Phi) is 2.87. The molecule has 3 heterocycles. The van der Waals surface area contributed by atoms with Gasteiger partial charge in [-0.05, 0) is 17.7 Å². The van der Waals surface area contributed by atoms with Crippen LogP contribution in [0.5, 0.6) is 0 Å². The Balaban J connectivity index is 1.93. The van der Waals surface area contributed by atoms with Gasteiger partial charge in [0.05, 0.1) is 17.4 Å². The Labute approximate surface area is 126 Å². The van der Waals surface area contributed by atoms with Gasteiger partial charge in [-0.25, -0.2) is 0 Å². The second kappa shape index (κ2) is 4.89. The molecular formula is C17H14N4O. The lowest BCUT2D eigenvalue weighted by molar-refractivity contribution is 0.1000. The highest BCUT2D eigenvalue weighted by atomic mass is 16.1. The molecule has 3 aromatic rings. The monoisotopic (exact) mass is 290 g/mol. The molecule has 1 aromatic carbocycles. The van der Waals surface area contributed by atoms with Crippen LogP contribution < -0.4 is 5.73 Å². The lowest BCUT2D eigenvalue weighted by Crippen LogP contribution is -2.24. The maximum atomic E-state index is 12.0. The van der Waals surface area contributed by atoms with Gasteiger partial charge in [-0.15, -0.1) is 0 Å². The van der Waals surface area contributed by atoms with E-state index in [1.807, 2.05) is 36.7 Å². The number of aromatic amines is 1. The zero-order valence-corrected chi connectivity index (χ0v) is 11.8. The summed E-state index contributed by atoms with van der Waals surface area (Å²) < 4.78 is 0. The topological polar surface area (TPSA) is 84.1 Å². The van der Waals surface area contributed by atoms with Crippen molar-refractivity contribution in [1.82, 2.24) is 9.97 Å². The van der Waals surface area contributed by atoms with Crippen LogP contribution in [0.1, 0.15) is 15.9 Å². The Hall–Kier alpha value is -2.79. The zero-order chi connectivity index (χ0) is 15.1. The predicted molar refractivity (Wildman–Crippen MR) is 86.3 cm³/mol. The van der Waals surface area contributed by atoms with Crippen LogP contribution in [0.15, 0.2) is 47.8 Å². The van der Waals surface area contributed by atoms with Gasteiger partial charge in [0.2, 0.25) is 0 Å². The number of aromatic nitrogens is 2. The van der Waals surface area contributed by atoms with Gasteiger partial charge in [0, 0.05) is 41.0 Å². The Bertz CT molecular complexity index is 923. The SMILES string of the molecule is NCC1=NCC(=O)c2ccc(-c3cncc4[nH]ccc34)cc21. The van der Waals surface area contributed by atoms with Gasteiger partial charge in [-0.3, -0.25) is 14.8 Å². The van der Waals surface area contributed by atoms with Crippen molar-refractivity contribution in [1.29, 1.82) is 0 Å². The van der Waals surface area contributed by atoms with E-state index in [-0.39, 0.29) is 12.3 Å². The molecule has 5 nitrogen and oxygen atoms in total. The molecule has 4 rings (SSSR count). The highest BCUT2D eigenvalue weighted by Gasteiger charge is 2.20. The summed E-state index contributed by atoms with van der Waals surface area (Å²) in [5.74, 6) is 0.0386. The first-order chi connectivity index (χ1) is 10.8. The number of fused-ring (bicyclic) bond motifs is 2. The van der Waals surface area contributed by atoms with E-state index >= 15 is 0 Å². The molecule has 0 fully saturated rings. The third kappa shape index (κ3) is 1.87. The first-order valence-electron chi connectivity index (χ1n) is 7.10. The van der Waals surface area contributed by atoms with Crippen LogP contribution >= 0.6 is 0 Å². The van der Waals surface area contributed by atoms with Crippen molar-refractivity contribution in [3.63, 3.8) is 0 Å². The fraction of sp³-hybridized carbons (Fsp3) is 0.118. The highest BCUT2D eigenvalue weighted by Crippen LogP contribution is 2.29. The molecule has 0 saturated heterocycles. The number of aliphatic imine (C=N–C) groups is 1. The normalized spacial score (nSPS) is 14.0. The van der Waals surface area contributed by atoms with E-state index in [9.17, 15) is 4.79 Å². The number of ketones is 1. The number of H-pyrrole nitrogens is 1. The number of hydrogen-bond donors (Lipinski definition) is 2. The molecule has 0 saturated carbocycles. The quantitative estimate of drug-likeness (QED) is 0.758. The maximum absolute atomic E-state index is 12.0. The average molecular weight is 290 g/mol. The van der Waals surface area contributed by atoms with Gasteiger partial charge in [0.15, 0.2) is 5.78 Å². The number of nitrogens with two attached hydrogens (primary N) is 1. The van der Waals surface area contributed by atoms with Crippen LogP contribution in [-0.4, -0.2) is 34.6 Å². The van der Waals surface area contributed by atoms with Crippen LogP contribution in [0.4, 0.5) is 0 Å². The Morgan fingerprint density at radius 2 is 2.05 bits per heavy atom. The molecule has 0 atom stereocenters. The molecule has 0 aliphatic carbocycles. The lowest BCUT2D eigenvalue weighted by Gasteiger charge is -2.16. The smallest absolute Gasteiger partial charge is 0.184 e. The van der Waals surface area contributed by atoms with Gasteiger partial charge < -0.3 is 10.7 Å². The van der Waals surface area contributed by atoms with Crippen molar-refractivity contribution >= 4 is 22.4 Å². The van der Waals surface area contributed by atoms with Gasteiger partial charge in [0.25, 0.3) is 0 Å². The van der Waals surface area contributed by atoms with E-state index in [2.05, 4.69) is 15.0 Å². The number of rotatable bonds is 2. The number of nitrogens with zero attached hydrogens (tertiary/aromatic N) is 2. The second-order valence-electron chi connectivity index (χ2n) is 5.28. The summed E-state index contributed by atoms with van der Waals surface area (Å²) in [6, 6.07) is 7.83. The molecule has 3 N–H and O–H groups in total. The second-order valence-corrected chi connectivity index (χ2v) is 5.28. The average Bonchev–Trinajstić information content (AvgIpc) is 3.03. The number of Topliss-reactive ketones (excluding diaryl/α,β-unsaturated/α-hetero) is 1. The first kappa shape index (κ1) is 12.9. The number of pyridine rings is 1. The van der Waals surface area contributed by atoms with Crippen LogP contribution in [0.25, 0.3) is 22.0 Å². The maximum Gasteiger partial charge on any atom is 0.184 e. The van der Waals surface area contributed by atoms with E-state index < -0.39 is 0 Å². The lowest BCUT2D eigenvalue weighted by atomic mass is 9.92. The van der Waals surface area contributed by atoms with E-state index in [0.29, 0.717) is 12.1 Å². The van der Waals surface area contributed by atoms with Crippen molar-refractivity contribution in [2.75, 3.05) is 13.1 Å². The summed E-state index contributed by atoms with van der Waals surface area (Å²) in [5, 5.41) is 1.10. The number of carbonyl (C=O) groups excluding carboxylic acids is 1. The van der Waals surface area contributed by atoms with Crippen LogP contribution in [0.2, 0.25) is 0 Å². The minimum Gasteiger partial charge on any atom is -0.360 e. The molecule has 0 radical (unpaired) electrons. The molecule has 2 aromatic heterocycles. The van der Waals surface area contributed by atoms with Crippen molar-refractivity contribution in [2.24, 2.45) is 10.7 Å². The largest absolute Gasteiger partial charge is 0.360 e. The molecule has 5 heteroatoms. The summed E-state index contributed by atoms with van der Waals surface area (Å²) in [4.78, 5) is 23.7. The summed E-state index contributed by atoms with van der Waals surface area (Å²) in [7, 11) is 0. The van der Waals surface area contributed by atoms with Crippen molar-refractivity contribution < 1.29 is 4.79 Å². The van der Waals surface area contributed by atoms with E-state index in [1.54, 1.807) is 6.20 Å². The third-order valence-corrected chi connectivity index (χ3v) is 4.03. The molecule has 0 bridgehead atoms. The van der Waals surface area contributed by atoms with E-state index in [0.717, 1.165) is 33.3 Å². The summed E-state index contributed by atoms with van der Waals surface area (Å²) in [6.45, 7) is 0.518. The molecule has 0 unspecified atom stereocenters. The molecule has 108 valence electrons. The Morgan fingerprint density at radius 1 is 1.14 bits per heavy atom. The fourth-order valence-electron chi connectivity index (χ4n) is 2.92. The van der Waals surface area contributed by atoms with E-state index in [4.69, 9.17) is 5.73 Å². The minimum absolute atomic E-state index is 0.0386. The number of hydrogen-bond acceptors (Lipinski definition) is 4. The van der Waals surface area contributed by atoms with Crippen LogP contribution in [0, 0.1) is 0 Å². The minimum atomic E-state index is 0.0386. The highest BCUT2D eigenvalue weighted by molar-refractivity contribution is 6.16. The predicted octanol–water partition coefficient (Wildman–Crippen LogP) is 2.17. The van der Waals surface area contributed by atoms with Gasteiger partial charge in [0.1, 0.15) is 6.54 Å². The summed E-state index contributed by atoms with van der Waals surface area (Å²) >= 11 is 0. The molecule has 0 amide bonds. The zero-order valence-electron chi connectivity index (χ0n) is 11.8. The molecule has 0 spiro atoms. The standard InChI is InChI=1S/C17H14N4O/c18-6-15-13-5-10(1-2-12(13)17(22)9-21-15)14-7-19-8-16-11(14)3-4-20-16/h1-5,7-8,20H,6,9,18H2. The Morgan fingerprint density at radius 3 is 2.91 bits per heavy atom. The van der Waals surface area contributed by atoms with Crippen LogP contribution in [0.3, 0.4) is 0 Å². The van der Waals surface area contributed by atoms with Crippen molar-refractivity contribution in [3.05, 3.63) is 54.0 Å². The van der Waals surface area contributed by atoms with Gasteiger partial charge in [-0.2, -0.15) is 0 Å². The first-order valence-corrected chi connectivity index (χ1v) is 7.10. The van der Waals surface area contributed by atoms with Crippen molar-refractivity contribution in [3.8, 4) is 11.1 Å². The number of carbonyl (C=O) groups is 1. The molecule has 1 aliphatic heterocycles. The van der Waals surface area contributed by atoms with Gasteiger partial charge >= 0.3 is 0 Å². The van der Waals surface area contributed by atoms with Crippen molar-refractivity contribution in [2.45, 2.75) is 0 Å². The van der Waals surface area contributed by atoms with Crippen LogP contribution in [-0.2, 0) is 0 Å². The fourth-order valence-corrected chi connectivity index (χ4v) is 2.92. The number of nitrogens with one attached hydrogen (secondary N) is 1. The summed E-state index contributed by atoms with van der Waals surface area (Å²) in [6.07, 6.45) is 5.53. The molecule has 22 heavy (non-hydrogen) atoms. The molecule has 1 aliphatic rings. The van der Waals surface area contributed by atoms with E-state index in [1.165, 1.54) is 0 Å². The third-order valence-electron chi connectivity index (χ3n) is 4.03. The van der Waals surface area contributed by atoms with Gasteiger partial charge in [-0.1, -0.05) is 12.1 Å². The molecular weight excluding hydrogens is 276 g/mol. The number of benzene rings is 1.